The number of nitrogen functional groups attached to an aromatic ring is 1. The second kappa shape index (κ2) is 5.74. The highest BCUT2D eigenvalue weighted by atomic mass is 35.5. The van der Waals surface area contributed by atoms with Crippen molar-refractivity contribution in [3.05, 3.63) is 23.0 Å². The topological polar surface area (TPSA) is 87.2 Å². The third-order valence-corrected chi connectivity index (χ3v) is 5.15. The molecule has 104 valence electrons. The second-order valence-corrected chi connectivity index (χ2v) is 6.41. The van der Waals surface area contributed by atoms with Gasteiger partial charge in [-0.15, -0.1) is 0 Å². The van der Waals surface area contributed by atoms with E-state index in [0.717, 1.165) is 16.4 Å². The maximum Gasteiger partial charge on any atom is 0.244 e. The van der Waals surface area contributed by atoms with E-state index in [1.807, 2.05) is 6.07 Å². The molecule has 0 radical (unpaired) electrons. The summed E-state index contributed by atoms with van der Waals surface area (Å²) in [5, 5.41) is 8.34. The van der Waals surface area contributed by atoms with Gasteiger partial charge in [-0.1, -0.05) is 11.6 Å². The molecule has 0 aliphatic rings. The SMILES string of the molecule is CC(CC#N)N(C)S(=O)(=O)c1cc(N)c(F)cc1Cl. The molecule has 1 atom stereocenters. The van der Waals surface area contributed by atoms with E-state index in [0.29, 0.717) is 0 Å². The lowest BCUT2D eigenvalue weighted by molar-refractivity contribution is 0.393. The molecule has 0 heterocycles. The minimum absolute atomic E-state index is 0.0318. The summed E-state index contributed by atoms with van der Waals surface area (Å²) in [5.74, 6) is -0.781. The van der Waals surface area contributed by atoms with E-state index < -0.39 is 21.9 Å². The first-order valence-corrected chi connectivity index (χ1v) is 7.13. The molecule has 2 N–H and O–H groups in total. The number of halogens is 2. The minimum Gasteiger partial charge on any atom is -0.396 e. The van der Waals surface area contributed by atoms with Crippen LogP contribution in [0, 0.1) is 17.1 Å². The van der Waals surface area contributed by atoms with Crippen molar-refractivity contribution in [2.45, 2.75) is 24.3 Å². The number of nitriles is 1. The summed E-state index contributed by atoms with van der Waals surface area (Å²) in [6.45, 7) is 1.58. The Hall–Kier alpha value is -1.36. The van der Waals surface area contributed by atoms with Gasteiger partial charge in [0.2, 0.25) is 10.0 Å². The van der Waals surface area contributed by atoms with Gasteiger partial charge in [0.15, 0.2) is 0 Å². The fourth-order valence-corrected chi connectivity index (χ4v) is 3.28. The number of nitrogens with zero attached hydrogens (tertiary/aromatic N) is 2. The van der Waals surface area contributed by atoms with Gasteiger partial charge < -0.3 is 5.73 Å². The second-order valence-electron chi connectivity index (χ2n) is 4.04. The summed E-state index contributed by atoms with van der Waals surface area (Å²) in [6, 6.07) is 3.18. The Morgan fingerprint density at radius 3 is 2.68 bits per heavy atom. The molecule has 0 aliphatic heterocycles. The molecule has 8 heteroatoms. The molecule has 1 rings (SSSR count). The maximum atomic E-state index is 13.2. The lowest BCUT2D eigenvalue weighted by Crippen LogP contribution is -2.35. The van der Waals surface area contributed by atoms with Gasteiger partial charge in [-0.2, -0.15) is 9.57 Å². The molecule has 19 heavy (non-hydrogen) atoms. The molecule has 0 aromatic heterocycles. The van der Waals surface area contributed by atoms with Crippen LogP contribution >= 0.6 is 11.6 Å². The molecular weight excluding hydrogens is 293 g/mol. The normalized spacial score (nSPS) is 13.3. The monoisotopic (exact) mass is 305 g/mol. The van der Waals surface area contributed by atoms with E-state index in [-0.39, 0.29) is 22.0 Å². The summed E-state index contributed by atoms with van der Waals surface area (Å²) < 4.78 is 38.7. The smallest absolute Gasteiger partial charge is 0.244 e. The molecule has 0 amide bonds. The zero-order chi connectivity index (χ0) is 14.8. The quantitative estimate of drug-likeness (QED) is 0.862. The van der Waals surface area contributed by atoms with Crippen LogP contribution in [0.1, 0.15) is 13.3 Å². The van der Waals surface area contributed by atoms with Crippen molar-refractivity contribution in [2.24, 2.45) is 0 Å². The van der Waals surface area contributed by atoms with E-state index in [1.54, 1.807) is 6.92 Å². The van der Waals surface area contributed by atoms with Gasteiger partial charge >= 0.3 is 0 Å². The van der Waals surface area contributed by atoms with E-state index >= 15 is 0 Å². The third kappa shape index (κ3) is 3.15. The van der Waals surface area contributed by atoms with Crippen molar-refractivity contribution in [1.82, 2.24) is 4.31 Å². The third-order valence-electron chi connectivity index (χ3n) is 2.72. The Labute approximate surface area is 116 Å². The molecular formula is C11H13ClFN3O2S. The van der Waals surface area contributed by atoms with Crippen molar-refractivity contribution in [3.63, 3.8) is 0 Å². The molecule has 0 bridgehead atoms. The average molecular weight is 306 g/mol. The van der Waals surface area contributed by atoms with Crippen molar-refractivity contribution in [2.75, 3.05) is 12.8 Å². The zero-order valence-corrected chi connectivity index (χ0v) is 12.0. The first-order valence-electron chi connectivity index (χ1n) is 5.31. The van der Waals surface area contributed by atoms with Crippen LogP contribution in [0.5, 0.6) is 0 Å². The van der Waals surface area contributed by atoms with Crippen LogP contribution in [0.2, 0.25) is 5.02 Å². The first kappa shape index (κ1) is 15.7. The molecule has 0 spiro atoms. The van der Waals surface area contributed by atoms with Crippen LogP contribution in [-0.4, -0.2) is 25.8 Å². The fourth-order valence-electron chi connectivity index (χ4n) is 1.40. The zero-order valence-electron chi connectivity index (χ0n) is 10.4. The summed E-state index contributed by atoms with van der Waals surface area (Å²) in [5.41, 5.74) is 5.05. The summed E-state index contributed by atoms with van der Waals surface area (Å²) >= 11 is 5.75. The number of sulfonamides is 1. The Morgan fingerprint density at radius 1 is 1.58 bits per heavy atom. The Bertz CT molecular complexity index is 628. The molecule has 0 aliphatic carbocycles. The van der Waals surface area contributed by atoms with Gasteiger partial charge in [0.05, 0.1) is 23.2 Å². The van der Waals surface area contributed by atoms with Gasteiger partial charge in [0, 0.05) is 13.1 Å². The summed E-state index contributed by atoms with van der Waals surface area (Å²) in [4.78, 5) is -0.277. The van der Waals surface area contributed by atoms with Crippen LogP contribution in [0.4, 0.5) is 10.1 Å². The fraction of sp³-hybridized carbons (Fsp3) is 0.364. The minimum atomic E-state index is -3.93. The highest BCUT2D eigenvalue weighted by Crippen LogP contribution is 2.29. The number of hydrogen-bond donors (Lipinski definition) is 1. The Kier molecular flexibility index (Phi) is 4.74. The van der Waals surface area contributed by atoms with Crippen molar-refractivity contribution < 1.29 is 12.8 Å². The highest BCUT2D eigenvalue weighted by molar-refractivity contribution is 7.89. The van der Waals surface area contributed by atoms with Crippen LogP contribution in [-0.2, 0) is 10.0 Å². The van der Waals surface area contributed by atoms with Crippen LogP contribution in [0.25, 0.3) is 0 Å². The average Bonchev–Trinajstić information content (AvgIpc) is 2.32. The Morgan fingerprint density at radius 2 is 2.16 bits per heavy atom. The number of benzene rings is 1. The highest BCUT2D eigenvalue weighted by Gasteiger charge is 2.28. The standard InChI is InChI=1S/C11H13ClFN3O2S/c1-7(3-4-14)16(2)19(17,18)11-6-10(15)9(13)5-8(11)12/h5-7H,3,15H2,1-2H3. The Balaban J connectivity index is 3.29. The van der Waals surface area contributed by atoms with Gasteiger partial charge in [0.1, 0.15) is 10.7 Å². The largest absolute Gasteiger partial charge is 0.396 e. The summed E-state index contributed by atoms with van der Waals surface area (Å²) in [7, 11) is -2.60. The van der Waals surface area contributed by atoms with Gasteiger partial charge in [-0.3, -0.25) is 0 Å². The van der Waals surface area contributed by atoms with Gasteiger partial charge in [0.25, 0.3) is 0 Å². The first-order chi connectivity index (χ1) is 8.71. The molecule has 0 saturated carbocycles. The molecule has 5 nitrogen and oxygen atoms in total. The van der Waals surface area contributed by atoms with Crippen LogP contribution in [0.3, 0.4) is 0 Å². The van der Waals surface area contributed by atoms with Gasteiger partial charge in [-0.25, -0.2) is 12.8 Å². The van der Waals surface area contributed by atoms with Crippen LogP contribution < -0.4 is 5.73 Å². The lowest BCUT2D eigenvalue weighted by atomic mass is 10.3. The molecule has 1 unspecified atom stereocenters. The number of rotatable bonds is 4. The molecule has 0 fully saturated rings. The predicted octanol–water partition coefficient (Wildman–Crippen LogP) is 1.98. The predicted molar refractivity (Wildman–Crippen MR) is 70.5 cm³/mol. The molecule has 1 aromatic rings. The maximum absolute atomic E-state index is 13.2. The van der Waals surface area contributed by atoms with Crippen molar-refractivity contribution in [1.29, 1.82) is 5.26 Å². The van der Waals surface area contributed by atoms with E-state index in [2.05, 4.69) is 0 Å². The lowest BCUT2D eigenvalue weighted by Gasteiger charge is -2.23. The van der Waals surface area contributed by atoms with Crippen LogP contribution in [0.15, 0.2) is 17.0 Å². The van der Waals surface area contributed by atoms with E-state index in [1.165, 1.54) is 7.05 Å². The molecule has 1 aromatic carbocycles. The van der Waals surface area contributed by atoms with E-state index in [4.69, 9.17) is 22.6 Å². The van der Waals surface area contributed by atoms with Crippen molar-refractivity contribution in [3.8, 4) is 6.07 Å². The number of hydrogen-bond acceptors (Lipinski definition) is 4. The number of nitrogens with two attached hydrogens (primary N) is 1. The van der Waals surface area contributed by atoms with E-state index in [9.17, 15) is 12.8 Å². The van der Waals surface area contributed by atoms with Crippen molar-refractivity contribution >= 4 is 27.3 Å². The number of anilines is 1. The summed E-state index contributed by atoms with van der Waals surface area (Å²) in [6.07, 6.45) is 0.0318. The molecule has 0 saturated heterocycles. The van der Waals surface area contributed by atoms with Gasteiger partial charge in [-0.05, 0) is 19.1 Å².